The highest BCUT2D eigenvalue weighted by atomic mass is 16.2. The number of imide groups is 4. The average Bonchev–Trinajstić information content (AvgIpc) is 2.93. The van der Waals surface area contributed by atoms with Crippen molar-refractivity contribution in [2.45, 2.75) is 6.04 Å². The normalized spacial score (nSPS) is 22.6. The summed E-state index contributed by atoms with van der Waals surface area (Å²) >= 11 is 0. The molecule has 0 radical (unpaired) electrons. The van der Waals surface area contributed by atoms with Crippen LogP contribution in [-0.4, -0.2) is 35.7 Å². The van der Waals surface area contributed by atoms with Crippen LogP contribution in [0.1, 0.15) is 17.2 Å². The fourth-order valence-electron chi connectivity index (χ4n) is 3.30. The van der Waals surface area contributed by atoms with Gasteiger partial charge in [-0.05, 0) is 5.56 Å². The highest BCUT2D eigenvalue weighted by molar-refractivity contribution is 6.32. The van der Waals surface area contributed by atoms with Crippen molar-refractivity contribution >= 4 is 41.4 Å². The Morgan fingerprint density at radius 3 is 1.89 bits per heavy atom. The fraction of sp³-hybridized carbons (Fsp3) is 0.125. The third-order valence-electron chi connectivity index (χ3n) is 4.40. The van der Waals surface area contributed by atoms with Gasteiger partial charge in [-0.2, -0.15) is 0 Å². The minimum atomic E-state index is -1.31. The minimum absolute atomic E-state index is 0.0793. The molecule has 3 aliphatic heterocycles. The summed E-state index contributed by atoms with van der Waals surface area (Å²) in [5.74, 6) is -4.74. The van der Waals surface area contributed by atoms with Gasteiger partial charge in [-0.1, -0.05) is 24.3 Å². The minimum Gasteiger partial charge on any atom is -0.376 e. The molecule has 5 N–H and O–H groups in total. The van der Waals surface area contributed by atoms with Gasteiger partial charge in [-0.25, -0.2) is 9.59 Å². The number of rotatable bonds is 1. The Hall–Kier alpha value is -4.02. The second kappa shape index (κ2) is 5.76. The topological polar surface area (TPSA) is 163 Å². The maximum absolute atomic E-state index is 12.2. The first kappa shape index (κ1) is 16.4. The van der Waals surface area contributed by atoms with Gasteiger partial charge in [-0.15, -0.1) is 0 Å². The number of hydrogen-bond donors (Lipinski definition) is 5. The van der Waals surface area contributed by atoms with Crippen molar-refractivity contribution in [3.8, 4) is 0 Å². The van der Waals surface area contributed by atoms with Crippen molar-refractivity contribution in [2.75, 3.05) is 0 Å². The molecule has 8 amide bonds. The van der Waals surface area contributed by atoms with Gasteiger partial charge in [0, 0.05) is 5.56 Å². The summed E-state index contributed by atoms with van der Waals surface area (Å²) in [7, 11) is 0. The van der Waals surface area contributed by atoms with Crippen LogP contribution in [0.2, 0.25) is 0 Å². The second-order valence-corrected chi connectivity index (χ2v) is 5.98. The van der Waals surface area contributed by atoms with Crippen LogP contribution in [0.5, 0.6) is 0 Å². The third-order valence-corrected chi connectivity index (χ3v) is 4.40. The van der Waals surface area contributed by atoms with Crippen LogP contribution in [-0.2, 0) is 19.2 Å². The summed E-state index contributed by atoms with van der Waals surface area (Å²) in [4.78, 5) is 71.3. The lowest BCUT2D eigenvalue weighted by Crippen LogP contribution is -2.58. The molecule has 3 heterocycles. The molecule has 2 saturated heterocycles. The zero-order valence-electron chi connectivity index (χ0n) is 13.4. The van der Waals surface area contributed by atoms with Gasteiger partial charge in [0.05, 0.1) is 11.7 Å². The molecule has 0 aromatic heterocycles. The largest absolute Gasteiger partial charge is 0.376 e. The lowest BCUT2D eigenvalue weighted by Gasteiger charge is -2.26. The lowest BCUT2D eigenvalue weighted by atomic mass is 9.90. The van der Waals surface area contributed by atoms with Gasteiger partial charge in [0.15, 0.2) is 0 Å². The number of urea groups is 2. The van der Waals surface area contributed by atoms with Crippen LogP contribution in [0.25, 0.3) is 5.70 Å². The van der Waals surface area contributed by atoms with Crippen LogP contribution in [0.3, 0.4) is 0 Å². The van der Waals surface area contributed by atoms with E-state index in [9.17, 15) is 28.8 Å². The van der Waals surface area contributed by atoms with Crippen molar-refractivity contribution in [3.05, 3.63) is 41.0 Å². The first-order valence-corrected chi connectivity index (χ1v) is 7.79. The maximum Gasteiger partial charge on any atom is 0.328 e. The first-order valence-electron chi connectivity index (χ1n) is 7.79. The predicted molar refractivity (Wildman–Crippen MR) is 86.1 cm³/mol. The molecule has 0 spiro atoms. The molecule has 11 heteroatoms. The number of benzene rings is 1. The van der Waals surface area contributed by atoms with E-state index in [1.807, 2.05) is 21.3 Å². The molecule has 3 aliphatic rings. The second-order valence-electron chi connectivity index (χ2n) is 5.98. The Morgan fingerprint density at radius 1 is 0.704 bits per heavy atom. The zero-order valence-corrected chi connectivity index (χ0v) is 13.4. The highest BCUT2D eigenvalue weighted by Gasteiger charge is 2.46. The molecule has 0 bridgehead atoms. The highest BCUT2D eigenvalue weighted by Crippen LogP contribution is 2.39. The smallest absolute Gasteiger partial charge is 0.328 e. The van der Waals surface area contributed by atoms with E-state index < -0.39 is 47.7 Å². The van der Waals surface area contributed by atoms with E-state index in [0.717, 1.165) is 0 Å². The SMILES string of the molecule is O=C1NC(=O)C(=C2NC(C3C(=O)NC(=O)NC3=O)c3ccccc32)C(=O)N1. The summed E-state index contributed by atoms with van der Waals surface area (Å²) in [6.45, 7) is 0. The van der Waals surface area contributed by atoms with Gasteiger partial charge in [-0.3, -0.25) is 40.4 Å². The molecule has 2 fully saturated rings. The van der Waals surface area contributed by atoms with Crippen molar-refractivity contribution in [1.82, 2.24) is 26.6 Å². The Kier molecular flexibility index (Phi) is 3.51. The van der Waals surface area contributed by atoms with Crippen LogP contribution in [0.15, 0.2) is 29.8 Å². The molecule has 11 nitrogen and oxygen atoms in total. The van der Waals surface area contributed by atoms with Crippen LogP contribution < -0.4 is 26.6 Å². The van der Waals surface area contributed by atoms with E-state index in [1.165, 1.54) is 0 Å². The Morgan fingerprint density at radius 2 is 1.26 bits per heavy atom. The van der Waals surface area contributed by atoms with Crippen molar-refractivity contribution in [1.29, 1.82) is 0 Å². The van der Waals surface area contributed by atoms with Gasteiger partial charge in [0.2, 0.25) is 11.8 Å². The predicted octanol–water partition coefficient (Wildman–Crippen LogP) is -1.61. The molecule has 1 aromatic rings. The molecule has 1 unspecified atom stereocenters. The van der Waals surface area contributed by atoms with Crippen molar-refractivity contribution in [3.63, 3.8) is 0 Å². The molecule has 1 aromatic carbocycles. The summed E-state index contributed by atoms with van der Waals surface area (Å²) < 4.78 is 0. The van der Waals surface area contributed by atoms with Crippen molar-refractivity contribution in [2.24, 2.45) is 5.92 Å². The monoisotopic (exact) mass is 369 g/mol. The number of carbonyl (C=O) groups excluding carboxylic acids is 6. The molecule has 4 rings (SSSR count). The quantitative estimate of drug-likeness (QED) is 0.226. The molecule has 1 atom stereocenters. The Bertz CT molecular complexity index is 955. The lowest BCUT2D eigenvalue weighted by molar-refractivity contribution is -0.137. The van der Waals surface area contributed by atoms with E-state index in [4.69, 9.17) is 0 Å². The molecule has 27 heavy (non-hydrogen) atoms. The summed E-state index contributed by atoms with van der Waals surface area (Å²) in [6, 6.07) is 3.76. The maximum atomic E-state index is 12.2. The number of carbonyl (C=O) groups is 6. The molecule has 0 aliphatic carbocycles. The fourth-order valence-corrected chi connectivity index (χ4v) is 3.30. The molecular formula is C16H11N5O6. The Labute approximate surface area is 150 Å². The Balaban J connectivity index is 1.82. The van der Waals surface area contributed by atoms with E-state index in [-0.39, 0.29) is 11.3 Å². The summed E-state index contributed by atoms with van der Waals surface area (Å²) in [6.07, 6.45) is 0. The number of hydrogen-bond acceptors (Lipinski definition) is 7. The standard InChI is InChI=1S/C16H11N5O6/c22-11-7(12(23)19-15(26)18-11)9-5-3-1-2-4-6(5)10(17-9)8-13(24)20-16(27)21-14(8)25/h1-4,7,9,17H,(H2,18,19,22,23,26)(H2,20,21,24,25,27). The van der Waals surface area contributed by atoms with Crippen molar-refractivity contribution < 1.29 is 28.8 Å². The van der Waals surface area contributed by atoms with Crippen LogP contribution in [0, 0.1) is 5.92 Å². The molecule has 0 saturated carbocycles. The zero-order chi connectivity index (χ0) is 19.3. The van der Waals surface area contributed by atoms with Gasteiger partial charge in [0.1, 0.15) is 11.5 Å². The molecule has 136 valence electrons. The van der Waals surface area contributed by atoms with Gasteiger partial charge in [0.25, 0.3) is 11.8 Å². The van der Waals surface area contributed by atoms with Crippen LogP contribution >= 0.6 is 0 Å². The van der Waals surface area contributed by atoms with Crippen LogP contribution in [0.4, 0.5) is 9.59 Å². The average molecular weight is 369 g/mol. The number of nitrogens with one attached hydrogen (secondary N) is 5. The number of amides is 8. The van der Waals surface area contributed by atoms with E-state index >= 15 is 0 Å². The third kappa shape index (κ3) is 2.52. The van der Waals surface area contributed by atoms with E-state index in [2.05, 4.69) is 5.32 Å². The van der Waals surface area contributed by atoms with Gasteiger partial charge < -0.3 is 5.32 Å². The van der Waals surface area contributed by atoms with E-state index in [1.54, 1.807) is 24.3 Å². The summed E-state index contributed by atoms with van der Waals surface area (Å²) in [5, 5.41) is 10.8. The number of fused-ring (bicyclic) bond motifs is 1. The number of barbiturate groups is 2. The first-order chi connectivity index (χ1) is 12.9. The van der Waals surface area contributed by atoms with E-state index in [0.29, 0.717) is 11.1 Å². The van der Waals surface area contributed by atoms with Gasteiger partial charge >= 0.3 is 12.1 Å². The molecular weight excluding hydrogens is 358 g/mol. The summed E-state index contributed by atoms with van der Waals surface area (Å²) in [5.41, 5.74) is 0.643.